The summed E-state index contributed by atoms with van der Waals surface area (Å²) in [6.45, 7) is 2.72. The molecule has 0 saturated heterocycles. The van der Waals surface area contributed by atoms with Crippen LogP contribution in [0.2, 0.25) is 0 Å². The van der Waals surface area contributed by atoms with Gasteiger partial charge in [-0.3, -0.25) is 5.01 Å². The smallest absolute Gasteiger partial charge is 0.169 e. The van der Waals surface area contributed by atoms with Crippen molar-refractivity contribution in [2.75, 3.05) is 0 Å². The van der Waals surface area contributed by atoms with E-state index in [1.54, 1.807) is 29.4 Å². The zero-order valence-corrected chi connectivity index (χ0v) is 18.5. The summed E-state index contributed by atoms with van der Waals surface area (Å²) >= 11 is 0. The van der Waals surface area contributed by atoms with Gasteiger partial charge in [0.05, 0.1) is 36.3 Å². The number of rotatable bonds is 7. The Morgan fingerprint density at radius 3 is 2.76 bits per heavy atom. The van der Waals surface area contributed by atoms with Gasteiger partial charge in [0, 0.05) is 11.6 Å². The van der Waals surface area contributed by atoms with Gasteiger partial charge in [-0.25, -0.2) is 18.2 Å². The molecule has 1 aliphatic heterocycles. The molecule has 1 aliphatic rings. The number of halogens is 3. The normalized spacial score (nSPS) is 12.9. The minimum atomic E-state index is -0.956. The van der Waals surface area contributed by atoms with E-state index in [9.17, 15) is 13.2 Å². The molecular formula is C25H22F3N5O. The van der Waals surface area contributed by atoms with Crippen molar-refractivity contribution in [1.82, 2.24) is 20.1 Å². The predicted octanol–water partition coefficient (Wildman–Crippen LogP) is 5.84. The van der Waals surface area contributed by atoms with Crippen molar-refractivity contribution in [2.24, 2.45) is 5.10 Å². The summed E-state index contributed by atoms with van der Waals surface area (Å²) in [6, 6.07) is 10.8. The number of nitrogens with zero attached hydrogens (tertiary/aromatic N) is 4. The Balaban J connectivity index is 1.29. The molecule has 2 aromatic carbocycles. The van der Waals surface area contributed by atoms with Crippen LogP contribution in [0.1, 0.15) is 42.5 Å². The summed E-state index contributed by atoms with van der Waals surface area (Å²) < 4.78 is 47.7. The molecule has 3 heterocycles. The van der Waals surface area contributed by atoms with Crippen LogP contribution in [0.5, 0.6) is 0 Å². The molecule has 34 heavy (non-hydrogen) atoms. The Morgan fingerprint density at radius 1 is 1.06 bits per heavy atom. The highest BCUT2D eigenvalue weighted by Gasteiger charge is 2.21. The van der Waals surface area contributed by atoms with Crippen LogP contribution in [-0.2, 0) is 19.5 Å². The molecule has 9 heteroatoms. The van der Waals surface area contributed by atoms with E-state index in [0.29, 0.717) is 35.0 Å². The number of fused-ring (bicyclic) bond motifs is 1. The van der Waals surface area contributed by atoms with Gasteiger partial charge in [0.2, 0.25) is 0 Å². The average Bonchev–Trinajstić information content (AvgIpc) is 3.46. The molecule has 0 aliphatic carbocycles. The number of H-pyrrole nitrogens is 1. The van der Waals surface area contributed by atoms with Crippen molar-refractivity contribution >= 4 is 6.21 Å². The Hall–Kier alpha value is -3.88. The lowest BCUT2D eigenvalue weighted by Gasteiger charge is -2.19. The second-order valence-electron chi connectivity index (χ2n) is 8.21. The van der Waals surface area contributed by atoms with E-state index < -0.39 is 11.6 Å². The van der Waals surface area contributed by atoms with Crippen molar-refractivity contribution in [3.8, 4) is 22.6 Å². The third-order valence-corrected chi connectivity index (χ3v) is 5.73. The maximum absolute atomic E-state index is 14.6. The number of nitrogens with one attached hydrogen (secondary N) is 1. The Kier molecular flexibility index (Phi) is 5.91. The van der Waals surface area contributed by atoms with E-state index in [0.717, 1.165) is 30.9 Å². The molecule has 4 aromatic rings. The van der Waals surface area contributed by atoms with E-state index in [1.807, 2.05) is 6.07 Å². The molecule has 0 spiro atoms. The third kappa shape index (κ3) is 4.33. The van der Waals surface area contributed by atoms with Gasteiger partial charge >= 0.3 is 0 Å². The van der Waals surface area contributed by atoms with E-state index in [4.69, 9.17) is 4.52 Å². The van der Waals surface area contributed by atoms with Crippen molar-refractivity contribution in [3.05, 3.63) is 82.6 Å². The molecule has 0 bridgehead atoms. The number of aryl methyl sites for hydroxylation is 1. The van der Waals surface area contributed by atoms with Gasteiger partial charge in [-0.15, -0.1) is 0 Å². The topological polar surface area (TPSA) is 70.3 Å². The lowest BCUT2D eigenvalue weighted by molar-refractivity contribution is 0.229. The first-order chi connectivity index (χ1) is 16.5. The maximum Gasteiger partial charge on any atom is 0.169 e. The highest BCUT2D eigenvalue weighted by atomic mass is 19.2. The van der Waals surface area contributed by atoms with Crippen molar-refractivity contribution in [3.63, 3.8) is 0 Å². The summed E-state index contributed by atoms with van der Waals surface area (Å²) in [5.74, 6) is -1.48. The van der Waals surface area contributed by atoms with Crippen LogP contribution < -0.4 is 0 Å². The van der Waals surface area contributed by atoms with Crippen LogP contribution in [0, 0.1) is 17.5 Å². The fraction of sp³-hybridized carbons (Fsp3) is 0.240. The van der Waals surface area contributed by atoms with Crippen LogP contribution >= 0.6 is 0 Å². The van der Waals surface area contributed by atoms with E-state index in [-0.39, 0.29) is 23.7 Å². The Bertz CT molecular complexity index is 1360. The number of hydrazone groups is 1. The zero-order valence-electron chi connectivity index (χ0n) is 18.5. The molecule has 0 saturated carbocycles. The van der Waals surface area contributed by atoms with Crippen LogP contribution in [-0.4, -0.2) is 26.3 Å². The molecular weight excluding hydrogens is 443 g/mol. The first kappa shape index (κ1) is 21.9. The van der Waals surface area contributed by atoms with Crippen molar-refractivity contribution in [2.45, 2.75) is 39.3 Å². The molecule has 0 atom stereocenters. The number of hydrogen-bond donors (Lipinski definition) is 1. The molecule has 2 aromatic heterocycles. The minimum absolute atomic E-state index is 0.0527. The lowest BCUT2D eigenvalue weighted by atomic mass is 10.0. The van der Waals surface area contributed by atoms with Gasteiger partial charge in [0.25, 0.3) is 0 Å². The molecule has 0 radical (unpaired) electrons. The van der Waals surface area contributed by atoms with Crippen molar-refractivity contribution in [1.29, 1.82) is 0 Å². The summed E-state index contributed by atoms with van der Waals surface area (Å²) in [5.41, 5.74) is 3.08. The number of aromatic amines is 1. The average molecular weight is 465 g/mol. The quantitative estimate of drug-likeness (QED) is 0.372. The van der Waals surface area contributed by atoms with Gasteiger partial charge in [0.1, 0.15) is 17.3 Å². The number of benzene rings is 2. The highest BCUT2D eigenvalue weighted by Crippen LogP contribution is 2.27. The standard InChI is InChI=1S/C25H22F3N5O/c1-2-3-5-15-8-9-17(20(27)10-15)21-11-16(34-32-21)13-33-14-23-22(12-29-33)30-25(31-23)18-6-4-7-19(26)24(18)28/h4,6-12H,2-3,5,13-14H2,1H3,(H,30,31). The first-order valence-electron chi connectivity index (χ1n) is 11.1. The summed E-state index contributed by atoms with van der Waals surface area (Å²) in [7, 11) is 0. The summed E-state index contributed by atoms with van der Waals surface area (Å²) in [4.78, 5) is 7.40. The minimum Gasteiger partial charge on any atom is -0.359 e. The first-order valence-corrected chi connectivity index (χ1v) is 11.1. The summed E-state index contributed by atoms with van der Waals surface area (Å²) in [5, 5.41) is 10.1. The molecule has 5 rings (SSSR count). The van der Waals surface area contributed by atoms with Crippen LogP contribution in [0.4, 0.5) is 13.2 Å². The third-order valence-electron chi connectivity index (χ3n) is 5.73. The number of aromatic nitrogens is 3. The van der Waals surface area contributed by atoms with Gasteiger partial charge in [-0.2, -0.15) is 5.10 Å². The van der Waals surface area contributed by atoms with Crippen LogP contribution in [0.25, 0.3) is 22.6 Å². The van der Waals surface area contributed by atoms with Gasteiger partial charge in [0.15, 0.2) is 17.4 Å². The highest BCUT2D eigenvalue weighted by molar-refractivity contribution is 5.80. The van der Waals surface area contributed by atoms with Crippen LogP contribution in [0.15, 0.2) is 52.1 Å². The fourth-order valence-corrected chi connectivity index (χ4v) is 3.91. The number of unbranched alkanes of at least 4 members (excludes halogenated alkanes) is 1. The lowest BCUT2D eigenvalue weighted by Crippen LogP contribution is -2.21. The fourth-order valence-electron chi connectivity index (χ4n) is 3.91. The molecule has 1 N–H and O–H groups in total. The van der Waals surface area contributed by atoms with E-state index in [2.05, 4.69) is 27.1 Å². The SMILES string of the molecule is CCCCc1ccc(-c2cc(CN3Cc4nc(-c5cccc(F)c5F)[nH]c4C=N3)on2)c(F)c1. The Morgan fingerprint density at radius 2 is 1.94 bits per heavy atom. The molecule has 0 fully saturated rings. The number of hydrogen-bond acceptors (Lipinski definition) is 5. The van der Waals surface area contributed by atoms with Gasteiger partial charge < -0.3 is 9.51 Å². The van der Waals surface area contributed by atoms with Gasteiger partial charge in [-0.1, -0.05) is 30.6 Å². The predicted molar refractivity (Wildman–Crippen MR) is 121 cm³/mol. The number of imidazole rings is 1. The molecule has 174 valence electrons. The second kappa shape index (κ2) is 9.17. The summed E-state index contributed by atoms with van der Waals surface area (Å²) in [6.07, 6.45) is 4.48. The zero-order chi connectivity index (χ0) is 23.7. The maximum atomic E-state index is 14.6. The van der Waals surface area contributed by atoms with Crippen molar-refractivity contribution < 1.29 is 17.7 Å². The molecule has 0 amide bonds. The monoisotopic (exact) mass is 465 g/mol. The van der Waals surface area contributed by atoms with E-state index in [1.165, 1.54) is 12.1 Å². The molecule has 0 unspecified atom stereocenters. The van der Waals surface area contributed by atoms with Crippen LogP contribution in [0.3, 0.4) is 0 Å². The second-order valence-corrected chi connectivity index (χ2v) is 8.21. The molecule has 6 nitrogen and oxygen atoms in total. The largest absolute Gasteiger partial charge is 0.359 e. The van der Waals surface area contributed by atoms with Gasteiger partial charge in [-0.05, 0) is 42.7 Å². The van der Waals surface area contributed by atoms with E-state index >= 15 is 0 Å². The Labute approximate surface area is 194 Å².